The third-order valence-electron chi connectivity index (χ3n) is 2.45. The van der Waals surface area contributed by atoms with Crippen molar-refractivity contribution < 1.29 is 14.3 Å². The van der Waals surface area contributed by atoms with E-state index in [9.17, 15) is 9.18 Å². The highest BCUT2D eigenvalue weighted by atomic mass is 79.9. The van der Waals surface area contributed by atoms with Crippen LogP contribution >= 0.6 is 27.3 Å². The van der Waals surface area contributed by atoms with E-state index in [1.54, 1.807) is 0 Å². The normalized spacial score (nSPS) is 10.4. The van der Waals surface area contributed by atoms with E-state index in [2.05, 4.69) is 21.2 Å². The van der Waals surface area contributed by atoms with Crippen molar-refractivity contribution in [1.82, 2.24) is 0 Å². The number of hydrogen-bond acceptors (Lipinski definition) is 4. The Hall–Kier alpha value is -1.60. The average Bonchev–Trinajstić information content (AvgIpc) is 2.73. The Labute approximate surface area is 121 Å². The number of carboxylic acids is 1. The van der Waals surface area contributed by atoms with Gasteiger partial charge in [0, 0.05) is 17.1 Å². The second-order valence-corrected chi connectivity index (χ2v) is 6.33. The van der Waals surface area contributed by atoms with Gasteiger partial charge in [-0.2, -0.15) is 0 Å². The molecule has 7 heteroatoms. The number of aromatic carboxylic acids is 1. The topological polar surface area (TPSA) is 75.3 Å². The molecule has 1 aromatic carbocycles. The van der Waals surface area contributed by atoms with Crippen molar-refractivity contribution in [3.63, 3.8) is 0 Å². The van der Waals surface area contributed by atoms with Gasteiger partial charge in [0.2, 0.25) is 0 Å². The van der Waals surface area contributed by atoms with Crippen LogP contribution in [0.5, 0.6) is 0 Å². The van der Waals surface area contributed by atoms with Crippen molar-refractivity contribution in [1.29, 1.82) is 0 Å². The van der Waals surface area contributed by atoms with Gasteiger partial charge in [0.1, 0.15) is 5.82 Å². The lowest BCUT2D eigenvalue weighted by Gasteiger charge is -2.09. The van der Waals surface area contributed by atoms with E-state index >= 15 is 0 Å². The lowest BCUT2D eigenvalue weighted by atomic mass is 10.1. The second-order valence-electron chi connectivity index (χ2n) is 3.78. The number of carbonyl (C=O) groups is 1. The van der Waals surface area contributed by atoms with Crippen molar-refractivity contribution in [2.24, 2.45) is 0 Å². The zero-order chi connectivity index (χ0) is 14.0. The van der Waals surface area contributed by atoms with Crippen LogP contribution in [0.4, 0.5) is 15.8 Å². The number of hydrogen-bond donors (Lipinski definition) is 3. The summed E-state index contributed by atoms with van der Waals surface area (Å²) in [6.07, 6.45) is 0. The third-order valence-corrected chi connectivity index (χ3v) is 4.08. The number of benzene rings is 1. The number of anilines is 2. The summed E-state index contributed by atoms with van der Waals surface area (Å²) in [5, 5.41) is 11.8. The standard InChI is InChI=1S/C12H10BrFN2O2S/c13-11-2-1-6(19-11)5-16-10-3-7(12(17)18)9(15)4-8(10)14/h1-4,16H,5,15H2,(H,17,18). The molecule has 0 aliphatic rings. The average molecular weight is 345 g/mol. The largest absolute Gasteiger partial charge is 0.478 e. The van der Waals surface area contributed by atoms with Crippen molar-refractivity contribution in [3.8, 4) is 0 Å². The van der Waals surface area contributed by atoms with Crippen molar-refractivity contribution >= 4 is 44.6 Å². The SMILES string of the molecule is Nc1cc(F)c(NCc2ccc(Br)s2)cc1C(=O)O. The van der Waals surface area contributed by atoms with Crippen LogP contribution in [-0.2, 0) is 6.54 Å². The Bertz CT molecular complexity index is 630. The Morgan fingerprint density at radius 2 is 2.21 bits per heavy atom. The summed E-state index contributed by atoms with van der Waals surface area (Å²) in [6.45, 7) is 0.413. The van der Waals surface area contributed by atoms with E-state index in [1.807, 2.05) is 12.1 Å². The predicted octanol–water partition coefficient (Wildman–Crippen LogP) is 3.54. The highest BCUT2D eigenvalue weighted by molar-refractivity contribution is 9.11. The molecule has 2 rings (SSSR count). The fourth-order valence-corrected chi connectivity index (χ4v) is 2.96. The molecule has 0 amide bonds. The number of rotatable bonds is 4. The predicted molar refractivity (Wildman–Crippen MR) is 77.1 cm³/mol. The van der Waals surface area contributed by atoms with Gasteiger partial charge in [0.05, 0.1) is 15.0 Å². The number of thiophene rings is 1. The number of nitrogens with one attached hydrogen (secondary N) is 1. The molecule has 0 fully saturated rings. The summed E-state index contributed by atoms with van der Waals surface area (Å²) < 4.78 is 14.6. The van der Waals surface area contributed by atoms with Crippen LogP contribution in [0.2, 0.25) is 0 Å². The number of carboxylic acid groups (broad SMARTS) is 1. The molecule has 2 aromatic rings. The van der Waals surface area contributed by atoms with Crippen molar-refractivity contribution in [2.75, 3.05) is 11.1 Å². The zero-order valence-corrected chi connectivity index (χ0v) is 12.0. The quantitative estimate of drug-likeness (QED) is 0.741. The molecule has 100 valence electrons. The van der Waals surface area contributed by atoms with Crippen LogP contribution < -0.4 is 11.1 Å². The molecule has 0 aliphatic carbocycles. The summed E-state index contributed by atoms with van der Waals surface area (Å²) in [4.78, 5) is 11.9. The monoisotopic (exact) mass is 344 g/mol. The summed E-state index contributed by atoms with van der Waals surface area (Å²) in [7, 11) is 0. The molecule has 0 unspecified atom stereocenters. The summed E-state index contributed by atoms with van der Waals surface area (Å²) in [5.41, 5.74) is 5.37. The lowest BCUT2D eigenvalue weighted by Crippen LogP contribution is -2.07. The molecule has 0 saturated carbocycles. The maximum Gasteiger partial charge on any atom is 0.337 e. The molecule has 1 aromatic heterocycles. The Morgan fingerprint density at radius 1 is 1.47 bits per heavy atom. The van der Waals surface area contributed by atoms with Crippen molar-refractivity contribution in [2.45, 2.75) is 6.54 Å². The van der Waals surface area contributed by atoms with Crippen LogP contribution in [0.25, 0.3) is 0 Å². The van der Waals surface area contributed by atoms with Gasteiger partial charge in [0.25, 0.3) is 0 Å². The van der Waals surface area contributed by atoms with Gasteiger partial charge >= 0.3 is 5.97 Å². The Balaban J connectivity index is 2.20. The number of halogens is 2. The minimum atomic E-state index is -1.18. The first-order valence-corrected chi connectivity index (χ1v) is 6.88. The molecule has 4 N–H and O–H groups in total. The van der Waals surface area contributed by atoms with E-state index < -0.39 is 11.8 Å². The summed E-state index contributed by atoms with van der Waals surface area (Å²) in [6, 6.07) is 6.00. The van der Waals surface area contributed by atoms with E-state index in [0.717, 1.165) is 14.7 Å². The highest BCUT2D eigenvalue weighted by Crippen LogP contribution is 2.25. The first kappa shape index (κ1) is 13.8. The fourth-order valence-electron chi connectivity index (χ4n) is 1.54. The third kappa shape index (κ3) is 3.24. The first-order valence-electron chi connectivity index (χ1n) is 5.28. The Kier molecular flexibility index (Phi) is 4.06. The first-order chi connectivity index (χ1) is 8.97. The minimum Gasteiger partial charge on any atom is -0.478 e. The molecule has 0 atom stereocenters. The van der Waals surface area contributed by atoms with Gasteiger partial charge in [-0.15, -0.1) is 11.3 Å². The lowest BCUT2D eigenvalue weighted by molar-refractivity contribution is 0.0698. The molecule has 0 spiro atoms. The molecule has 1 heterocycles. The highest BCUT2D eigenvalue weighted by Gasteiger charge is 2.13. The summed E-state index contributed by atoms with van der Waals surface area (Å²) >= 11 is 4.85. The van der Waals surface area contributed by atoms with E-state index in [0.29, 0.717) is 6.54 Å². The van der Waals surface area contributed by atoms with E-state index in [-0.39, 0.29) is 16.9 Å². The van der Waals surface area contributed by atoms with Gasteiger partial charge in [-0.1, -0.05) is 0 Å². The van der Waals surface area contributed by atoms with Crippen molar-refractivity contribution in [3.05, 3.63) is 44.3 Å². The van der Waals surface area contributed by atoms with E-state index in [4.69, 9.17) is 10.8 Å². The van der Waals surface area contributed by atoms with Crippen LogP contribution in [0, 0.1) is 5.82 Å². The minimum absolute atomic E-state index is 0.0885. The molecular formula is C12H10BrFN2O2S. The number of nitrogen functional groups attached to an aromatic ring is 1. The van der Waals surface area contributed by atoms with Crippen LogP contribution in [0.1, 0.15) is 15.2 Å². The molecule has 0 aliphatic heterocycles. The van der Waals surface area contributed by atoms with Gasteiger partial charge in [-0.25, -0.2) is 9.18 Å². The van der Waals surface area contributed by atoms with Gasteiger partial charge in [-0.05, 0) is 40.2 Å². The molecular weight excluding hydrogens is 335 g/mol. The molecule has 0 radical (unpaired) electrons. The van der Waals surface area contributed by atoms with Crippen LogP contribution in [0.15, 0.2) is 28.1 Å². The fraction of sp³-hybridized carbons (Fsp3) is 0.0833. The van der Waals surface area contributed by atoms with Gasteiger partial charge in [0.15, 0.2) is 0 Å². The molecule has 0 saturated heterocycles. The van der Waals surface area contributed by atoms with Crippen LogP contribution in [0.3, 0.4) is 0 Å². The maximum absolute atomic E-state index is 13.7. The van der Waals surface area contributed by atoms with Crippen LogP contribution in [-0.4, -0.2) is 11.1 Å². The zero-order valence-electron chi connectivity index (χ0n) is 9.61. The Morgan fingerprint density at radius 3 is 2.79 bits per heavy atom. The molecule has 0 bridgehead atoms. The van der Waals surface area contributed by atoms with Gasteiger partial charge in [-0.3, -0.25) is 0 Å². The number of nitrogens with two attached hydrogens (primary N) is 1. The second kappa shape index (κ2) is 5.58. The molecule has 4 nitrogen and oxygen atoms in total. The summed E-state index contributed by atoms with van der Waals surface area (Å²) in [5.74, 6) is -1.75. The van der Waals surface area contributed by atoms with Gasteiger partial charge < -0.3 is 16.2 Å². The molecule has 19 heavy (non-hydrogen) atoms. The maximum atomic E-state index is 13.7. The smallest absolute Gasteiger partial charge is 0.337 e. The van der Waals surface area contributed by atoms with E-state index in [1.165, 1.54) is 17.4 Å².